The van der Waals surface area contributed by atoms with E-state index in [1.807, 2.05) is 0 Å². The van der Waals surface area contributed by atoms with Gasteiger partial charge in [-0.1, -0.05) is 13.3 Å². The van der Waals surface area contributed by atoms with Crippen LogP contribution in [0, 0.1) is 5.92 Å². The van der Waals surface area contributed by atoms with Crippen LogP contribution in [0.5, 0.6) is 0 Å². The van der Waals surface area contributed by atoms with Crippen LogP contribution < -0.4 is 0 Å². The van der Waals surface area contributed by atoms with Gasteiger partial charge in [0, 0.05) is 12.1 Å². The molecule has 1 nitrogen and oxygen atoms in total. The predicted molar refractivity (Wildman–Crippen MR) is 45.1 cm³/mol. The third-order valence-electron chi connectivity index (χ3n) is 2.93. The third kappa shape index (κ3) is 1.34. The normalized spacial score (nSPS) is 33.0. The molecule has 0 radical (unpaired) electrons. The van der Waals surface area contributed by atoms with E-state index in [1.54, 1.807) is 0 Å². The maximum Gasteiger partial charge on any atom is 0.0153 e. The van der Waals surface area contributed by atoms with Gasteiger partial charge in [0.1, 0.15) is 0 Å². The molecular weight excluding hydrogens is 122 g/mol. The summed E-state index contributed by atoms with van der Waals surface area (Å²) in [7, 11) is 2.23. The van der Waals surface area contributed by atoms with Crippen molar-refractivity contribution >= 4 is 0 Å². The molecule has 0 unspecified atom stereocenters. The Kier molecular flexibility index (Phi) is 2.04. The molecule has 0 aliphatic carbocycles. The Balaban J connectivity index is 2.53. The molecule has 1 aliphatic heterocycles. The van der Waals surface area contributed by atoms with Gasteiger partial charge in [-0.05, 0) is 33.2 Å². The van der Waals surface area contributed by atoms with Crippen molar-refractivity contribution in [1.82, 2.24) is 4.90 Å². The molecule has 0 N–H and O–H groups in total. The maximum absolute atomic E-state index is 2.47. The summed E-state index contributed by atoms with van der Waals surface area (Å²) in [4.78, 5) is 2.47. The van der Waals surface area contributed by atoms with Gasteiger partial charge in [0.25, 0.3) is 0 Å². The van der Waals surface area contributed by atoms with E-state index in [4.69, 9.17) is 0 Å². The van der Waals surface area contributed by atoms with E-state index in [1.165, 1.54) is 19.4 Å². The predicted octanol–water partition coefficient (Wildman–Crippen LogP) is 2.13. The number of rotatable bonds is 1. The molecule has 1 atom stereocenters. The van der Waals surface area contributed by atoms with Crippen LogP contribution in [0.3, 0.4) is 0 Å². The van der Waals surface area contributed by atoms with Gasteiger partial charge in [0.15, 0.2) is 0 Å². The van der Waals surface area contributed by atoms with E-state index in [0.29, 0.717) is 5.54 Å². The fraction of sp³-hybridized carbons (Fsp3) is 1.00. The lowest BCUT2D eigenvalue weighted by Gasteiger charge is -2.26. The zero-order valence-corrected chi connectivity index (χ0v) is 7.65. The van der Waals surface area contributed by atoms with Crippen molar-refractivity contribution in [1.29, 1.82) is 0 Å². The Morgan fingerprint density at radius 3 is 2.30 bits per heavy atom. The highest BCUT2D eigenvalue weighted by Gasteiger charge is 2.34. The molecule has 1 aliphatic rings. The van der Waals surface area contributed by atoms with Crippen molar-refractivity contribution in [3.8, 4) is 0 Å². The van der Waals surface area contributed by atoms with Gasteiger partial charge in [-0.3, -0.25) is 0 Å². The van der Waals surface area contributed by atoms with Gasteiger partial charge in [-0.25, -0.2) is 0 Å². The highest BCUT2D eigenvalue weighted by molar-refractivity contribution is 4.89. The summed E-state index contributed by atoms with van der Waals surface area (Å²) in [6.45, 7) is 8.26. The van der Waals surface area contributed by atoms with Crippen molar-refractivity contribution in [3.63, 3.8) is 0 Å². The summed E-state index contributed by atoms with van der Waals surface area (Å²) < 4.78 is 0. The summed E-state index contributed by atoms with van der Waals surface area (Å²) in [6.07, 6.45) is 2.72. The van der Waals surface area contributed by atoms with Gasteiger partial charge >= 0.3 is 0 Å². The Morgan fingerprint density at radius 1 is 1.50 bits per heavy atom. The smallest absolute Gasteiger partial charge is 0.0153 e. The van der Waals surface area contributed by atoms with Crippen LogP contribution in [0.1, 0.15) is 33.6 Å². The van der Waals surface area contributed by atoms with Gasteiger partial charge < -0.3 is 4.90 Å². The highest BCUT2D eigenvalue weighted by Crippen LogP contribution is 2.32. The molecule has 0 bridgehead atoms. The minimum Gasteiger partial charge on any atom is -0.301 e. The van der Waals surface area contributed by atoms with E-state index in [0.717, 1.165) is 5.92 Å². The standard InChI is InChI=1S/C9H19N/c1-5-8-6-9(2,3)10(4)7-8/h8H,5-7H2,1-4H3/t8-/m0/s1. The lowest BCUT2D eigenvalue weighted by Crippen LogP contribution is -2.34. The second-order valence-corrected chi connectivity index (χ2v) is 4.17. The first kappa shape index (κ1) is 8.06. The molecule has 0 spiro atoms. The molecule has 0 amide bonds. The van der Waals surface area contributed by atoms with Gasteiger partial charge in [0.05, 0.1) is 0 Å². The molecule has 0 saturated carbocycles. The van der Waals surface area contributed by atoms with Crippen LogP contribution in [0.15, 0.2) is 0 Å². The molecule has 0 aromatic carbocycles. The van der Waals surface area contributed by atoms with Crippen LogP contribution >= 0.6 is 0 Å². The van der Waals surface area contributed by atoms with E-state index in [9.17, 15) is 0 Å². The first-order valence-electron chi connectivity index (χ1n) is 4.27. The van der Waals surface area contributed by atoms with Crippen LogP contribution in [0.2, 0.25) is 0 Å². The molecule has 1 heteroatoms. The Bertz CT molecular complexity index is 118. The molecule has 1 saturated heterocycles. The summed E-state index contributed by atoms with van der Waals surface area (Å²) in [5.74, 6) is 0.944. The topological polar surface area (TPSA) is 3.24 Å². The van der Waals surface area contributed by atoms with Crippen molar-refractivity contribution in [2.24, 2.45) is 5.92 Å². The average molecular weight is 141 g/mol. The summed E-state index contributed by atoms with van der Waals surface area (Å²) in [5, 5.41) is 0. The van der Waals surface area contributed by atoms with Crippen LogP contribution in [0.4, 0.5) is 0 Å². The van der Waals surface area contributed by atoms with Crippen LogP contribution in [-0.2, 0) is 0 Å². The van der Waals surface area contributed by atoms with E-state index in [2.05, 4.69) is 32.7 Å². The van der Waals surface area contributed by atoms with Gasteiger partial charge in [-0.2, -0.15) is 0 Å². The van der Waals surface area contributed by atoms with E-state index >= 15 is 0 Å². The van der Waals surface area contributed by atoms with Crippen LogP contribution in [0.25, 0.3) is 0 Å². The zero-order chi connectivity index (χ0) is 7.78. The molecule has 60 valence electrons. The zero-order valence-electron chi connectivity index (χ0n) is 7.65. The monoisotopic (exact) mass is 141 g/mol. The average Bonchev–Trinajstić information content (AvgIpc) is 2.08. The van der Waals surface area contributed by atoms with Crippen molar-refractivity contribution in [3.05, 3.63) is 0 Å². The van der Waals surface area contributed by atoms with Crippen molar-refractivity contribution < 1.29 is 0 Å². The highest BCUT2D eigenvalue weighted by atomic mass is 15.2. The Labute approximate surface area is 64.4 Å². The van der Waals surface area contributed by atoms with Crippen LogP contribution in [-0.4, -0.2) is 24.0 Å². The lowest BCUT2D eigenvalue weighted by molar-refractivity contribution is 0.218. The minimum absolute atomic E-state index is 0.459. The minimum atomic E-state index is 0.459. The van der Waals surface area contributed by atoms with Gasteiger partial charge in [0.2, 0.25) is 0 Å². The first-order valence-corrected chi connectivity index (χ1v) is 4.27. The molecule has 0 aromatic rings. The molecule has 1 heterocycles. The largest absolute Gasteiger partial charge is 0.301 e. The second-order valence-electron chi connectivity index (χ2n) is 4.17. The summed E-state index contributed by atoms with van der Waals surface area (Å²) in [5.41, 5.74) is 0.459. The SMILES string of the molecule is CC[C@@H]1CN(C)C(C)(C)C1. The summed E-state index contributed by atoms with van der Waals surface area (Å²) >= 11 is 0. The van der Waals surface area contributed by atoms with E-state index in [-0.39, 0.29) is 0 Å². The number of likely N-dealkylation sites (tertiary alicyclic amines) is 1. The molecule has 0 aromatic heterocycles. The third-order valence-corrected chi connectivity index (χ3v) is 2.93. The molecule has 1 fully saturated rings. The van der Waals surface area contributed by atoms with E-state index < -0.39 is 0 Å². The van der Waals surface area contributed by atoms with Gasteiger partial charge in [-0.15, -0.1) is 0 Å². The second kappa shape index (κ2) is 2.54. The number of nitrogens with zero attached hydrogens (tertiary/aromatic N) is 1. The Morgan fingerprint density at radius 2 is 2.10 bits per heavy atom. The molecule has 1 rings (SSSR count). The first-order chi connectivity index (χ1) is 4.56. The van der Waals surface area contributed by atoms with Crippen molar-refractivity contribution in [2.75, 3.05) is 13.6 Å². The quantitative estimate of drug-likeness (QED) is 0.540. The Hall–Kier alpha value is -0.0400. The fourth-order valence-corrected chi connectivity index (χ4v) is 1.83. The number of hydrogen-bond acceptors (Lipinski definition) is 1. The van der Waals surface area contributed by atoms with Crippen molar-refractivity contribution in [2.45, 2.75) is 39.2 Å². The lowest BCUT2D eigenvalue weighted by atomic mass is 9.95. The molecular formula is C9H19N. The fourth-order valence-electron chi connectivity index (χ4n) is 1.83. The molecule has 10 heavy (non-hydrogen) atoms. The maximum atomic E-state index is 2.47. The number of hydrogen-bond donors (Lipinski definition) is 0. The summed E-state index contributed by atoms with van der Waals surface area (Å²) in [6, 6.07) is 0.